The van der Waals surface area contributed by atoms with Crippen LogP contribution in [0.25, 0.3) is 11.3 Å². The van der Waals surface area contributed by atoms with E-state index in [0.29, 0.717) is 56.3 Å². The molecule has 0 bridgehead atoms. The third-order valence-corrected chi connectivity index (χ3v) is 7.47. The minimum atomic E-state index is -2.88. The van der Waals surface area contributed by atoms with Crippen molar-refractivity contribution in [1.82, 2.24) is 49.4 Å². The molecule has 212 valence electrons. The van der Waals surface area contributed by atoms with Crippen LogP contribution in [-0.2, 0) is 17.9 Å². The Labute approximate surface area is 234 Å². The van der Waals surface area contributed by atoms with Crippen molar-refractivity contribution >= 4 is 11.8 Å². The second-order valence-corrected chi connectivity index (χ2v) is 9.99. The molecule has 1 saturated heterocycles. The van der Waals surface area contributed by atoms with Crippen molar-refractivity contribution in [2.75, 3.05) is 32.7 Å². The van der Waals surface area contributed by atoms with Gasteiger partial charge in [0.15, 0.2) is 5.82 Å². The van der Waals surface area contributed by atoms with Gasteiger partial charge in [0.1, 0.15) is 11.5 Å². The number of rotatable bonds is 6. The number of hydrogen-bond acceptors (Lipinski definition) is 8. The van der Waals surface area contributed by atoms with Crippen LogP contribution in [0.15, 0.2) is 54.9 Å². The van der Waals surface area contributed by atoms with Gasteiger partial charge >= 0.3 is 6.55 Å². The van der Waals surface area contributed by atoms with Crippen LogP contribution >= 0.6 is 0 Å². The number of amides is 2. The Morgan fingerprint density at radius 3 is 2.41 bits per heavy atom. The van der Waals surface area contributed by atoms with Crippen LogP contribution in [-0.4, -0.2) is 94.0 Å². The van der Waals surface area contributed by atoms with Gasteiger partial charge in [-0.25, -0.2) is 4.98 Å². The second-order valence-electron chi connectivity index (χ2n) is 9.99. The number of carbonyl (C=O) groups is 2. The van der Waals surface area contributed by atoms with Gasteiger partial charge in [-0.3, -0.25) is 19.5 Å². The summed E-state index contributed by atoms with van der Waals surface area (Å²) in [7, 11) is 0. The molecule has 1 atom stereocenters. The number of alkyl halides is 2. The van der Waals surface area contributed by atoms with Crippen molar-refractivity contribution < 1.29 is 18.4 Å². The SMILES string of the molecule is CC(=O)N1CCn2cc(-c3ccnc(C(=O)N4CCN([C@H](c5ccccc5)c5nnn(C(F)F)n5)CC4)c3)nc2C1. The Balaban J connectivity index is 1.16. The maximum absolute atomic E-state index is 13.4. The number of tetrazole rings is 1. The lowest BCUT2D eigenvalue weighted by Crippen LogP contribution is -2.50. The lowest BCUT2D eigenvalue weighted by molar-refractivity contribution is -0.130. The zero-order chi connectivity index (χ0) is 28.5. The molecule has 1 fully saturated rings. The molecule has 2 aliphatic heterocycles. The van der Waals surface area contributed by atoms with Crippen LogP contribution in [0.2, 0.25) is 0 Å². The van der Waals surface area contributed by atoms with Gasteiger partial charge in [0.25, 0.3) is 5.91 Å². The van der Waals surface area contributed by atoms with Crippen molar-refractivity contribution in [2.24, 2.45) is 0 Å². The monoisotopic (exact) mass is 562 g/mol. The van der Waals surface area contributed by atoms with E-state index in [1.165, 1.54) is 0 Å². The zero-order valence-corrected chi connectivity index (χ0v) is 22.3. The van der Waals surface area contributed by atoms with E-state index in [9.17, 15) is 18.4 Å². The number of imidazole rings is 1. The third-order valence-electron chi connectivity index (χ3n) is 7.47. The summed E-state index contributed by atoms with van der Waals surface area (Å²) < 4.78 is 28.3. The quantitative estimate of drug-likeness (QED) is 0.351. The van der Waals surface area contributed by atoms with Crippen LogP contribution in [0, 0.1) is 0 Å². The molecule has 0 spiro atoms. The number of benzene rings is 1. The highest BCUT2D eigenvalue weighted by atomic mass is 19.3. The molecule has 0 unspecified atom stereocenters. The number of pyridine rings is 1. The van der Waals surface area contributed by atoms with Crippen molar-refractivity contribution in [3.63, 3.8) is 0 Å². The molecule has 41 heavy (non-hydrogen) atoms. The van der Waals surface area contributed by atoms with Crippen LogP contribution in [0.3, 0.4) is 0 Å². The second kappa shape index (κ2) is 11.1. The molecular formula is C27H28F2N10O2. The first-order chi connectivity index (χ1) is 19.9. The van der Waals surface area contributed by atoms with E-state index in [4.69, 9.17) is 4.98 Å². The van der Waals surface area contributed by atoms with E-state index >= 15 is 0 Å². The van der Waals surface area contributed by atoms with Crippen molar-refractivity contribution in [1.29, 1.82) is 0 Å². The summed E-state index contributed by atoms with van der Waals surface area (Å²) in [4.78, 5) is 40.1. The molecule has 0 radical (unpaired) electrons. The Kier molecular flexibility index (Phi) is 7.22. The lowest BCUT2D eigenvalue weighted by atomic mass is 10.0. The summed E-state index contributed by atoms with van der Waals surface area (Å²) in [5.74, 6) is 0.804. The fourth-order valence-corrected chi connectivity index (χ4v) is 5.30. The summed E-state index contributed by atoms with van der Waals surface area (Å²) in [6.45, 7) is 2.21. The summed E-state index contributed by atoms with van der Waals surface area (Å²) in [6, 6.07) is 12.5. The van der Waals surface area contributed by atoms with E-state index in [1.807, 2.05) is 47.2 Å². The molecule has 5 heterocycles. The lowest BCUT2D eigenvalue weighted by Gasteiger charge is -2.38. The fraction of sp³-hybridized carbons (Fsp3) is 0.370. The van der Waals surface area contributed by atoms with Crippen LogP contribution in [0.4, 0.5) is 8.78 Å². The highest BCUT2D eigenvalue weighted by Gasteiger charge is 2.32. The van der Waals surface area contributed by atoms with Crippen LogP contribution < -0.4 is 0 Å². The number of hydrogen-bond donors (Lipinski definition) is 0. The van der Waals surface area contributed by atoms with Crippen molar-refractivity contribution in [3.8, 4) is 11.3 Å². The predicted molar refractivity (Wildman–Crippen MR) is 141 cm³/mol. The minimum absolute atomic E-state index is 0.0172. The Morgan fingerprint density at radius 1 is 0.951 bits per heavy atom. The summed E-state index contributed by atoms with van der Waals surface area (Å²) in [5, 5.41) is 11.3. The van der Waals surface area contributed by atoms with Gasteiger partial charge in [0, 0.05) is 64.1 Å². The van der Waals surface area contributed by atoms with Gasteiger partial charge in [-0.05, 0) is 22.9 Å². The topological polar surface area (TPSA) is 118 Å². The maximum Gasteiger partial charge on any atom is 0.350 e. The average Bonchev–Trinajstić information content (AvgIpc) is 3.66. The normalized spacial score (nSPS) is 16.6. The maximum atomic E-state index is 13.4. The molecule has 0 aliphatic carbocycles. The number of nitrogens with zero attached hydrogens (tertiary/aromatic N) is 10. The van der Waals surface area contributed by atoms with Crippen LogP contribution in [0.1, 0.15) is 47.2 Å². The van der Waals surface area contributed by atoms with Crippen molar-refractivity contribution in [3.05, 3.63) is 77.8 Å². The number of aromatic nitrogens is 7. The molecule has 0 saturated carbocycles. The first-order valence-electron chi connectivity index (χ1n) is 13.3. The molecule has 0 N–H and O–H groups in total. The van der Waals surface area contributed by atoms with E-state index < -0.39 is 12.6 Å². The van der Waals surface area contributed by atoms with E-state index in [2.05, 4.69) is 25.3 Å². The smallest absolute Gasteiger partial charge is 0.335 e. The zero-order valence-electron chi connectivity index (χ0n) is 22.3. The molecule has 3 aromatic heterocycles. The molecule has 1 aromatic carbocycles. The first-order valence-corrected chi connectivity index (χ1v) is 13.3. The predicted octanol–water partition coefficient (Wildman–Crippen LogP) is 2.24. The molecule has 2 aliphatic rings. The van der Waals surface area contributed by atoms with E-state index in [0.717, 1.165) is 22.6 Å². The molecular weight excluding hydrogens is 534 g/mol. The first kappa shape index (κ1) is 26.6. The van der Waals surface area contributed by atoms with Gasteiger partial charge < -0.3 is 14.4 Å². The molecule has 14 heteroatoms. The van der Waals surface area contributed by atoms with Gasteiger partial charge in [0.2, 0.25) is 5.91 Å². The summed E-state index contributed by atoms with van der Waals surface area (Å²) in [6.07, 6.45) is 3.54. The van der Waals surface area contributed by atoms with E-state index in [1.54, 1.807) is 29.0 Å². The number of piperazine rings is 1. The van der Waals surface area contributed by atoms with Crippen LogP contribution in [0.5, 0.6) is 0 Å². The minimum Gasteiger partial charge on any atom is -0.335 e. The Hall–Kier alpha value is -4.59. The van der Waals surface area contributed by atoms with E-state index in [-0.39, 0.29) is 17.6 Å². The highest BCUT2D eigenvalue weighted by Crippen LogP contribution is 2.28. The highest BCUT2D eigenvalue weighted by molar-refractivity contribution is 5.93. The van der Waals surface area contributed by atoms with Gasteiger partial charge in [0.05, 0.1) is 18.3 Å². The number of fused-ring (bicyclic) bond motifs is 1. The number of carbonyl (C=O) groups excluding carboxylic acids is 2. The molecule has 6 rings (SSSR count). The Morgan fingerprint density at radius 2 is 1.71 bits per heavy atom. The van der Waals surface area contributed by atoms with Gasteiger partial charge in [-0.2, -0.15) is 8.78 Å². The molecule has 12 nitrogen and oxygen atoms in total. The fourth-order valence-electron chi connectivity index (χ4n) is 5.30. The Bertz CT molecular complexity index is 1550. The van der Waals surface area contributed by atoms with Gasteiger partial charge in [-0.15, -0.1) is 10.2 Å². The van der Waals surface area contributed by atoms with Crippen molar-refractivity contribution in [2.45, 2.75) is 32.6 Å². The number of halogens is 2. The summed E-state index contributed by atoms with van der Waals surface area (Å²) in [5.41, 5.74) is 2.66. The average molecular weight is 563 g/mol. The third kappa shape index (κ3) is 5.42. The summed E-state index contributed by atoms with van der Waals surface area (Å²) >= 11 is 0. The largest absolute Gasteiger partial charge is 0.350 e. The molecule has 2 amide bonds. The standard InChI is InChI=1S/C27H28F2N10O2/c1-18(40)37-13-14-38-16-22(31-23(38)17-37)20-7-8-30-21(15-20)26(41)36-11-9-35(10-12-36)24(19-5-3-2-4-6-19)25-32-34-39(33-25)27(28)29/h2-8,15-16,24,27H,9-14,17H2,1H3/t24-/m1/s1. The van der Waals surface area contributed by atoms with Gasteiger partial charge in [-0.1, -0.05) is 35.1 Å². The molecule has 4 aromatic rings.